The van der Waals surface area contributed by atoms with E-state index in [0.29, 0.717) is 0 Å². The highest BCUT2D eigenvalue weighted by atomic mass is 32.1. The van der Waals surface area contributed by atoms with Crippen LogP contribution in [0.2, 0.25) is 0 Å². The highest BCUT2D eigenvalue weighted by Crippen LogP contribution is 2.44. The van der Waals surface area contributed by atoms with Crippen LogP contribution < -0.4 is 0 Å². The Balaban J connectivity index is 2.23. The number of thiophene rings is 1. The fourth-order valence-electron chi connectivity index (χ4n) is 2.06. The second kappa shape index (κ2) is 3.09. The Morgan fingerprint density at radius 1 is 1.36 bits per heavy atom. The maximum absolute atomic E-state index is 2.40. The van der Waals surface area contributed by atoms with E-state index < -0.39 is 0 Å². The molecule has 1 heteroatoms. The number of benzene rings is 1. The second-order valence-corrected chi connectivity index (χ2v) is 5.27. The molecule has 0 unspecified atom stereocenters. The molecule has 0 nitrogen and oxygen atoms in total. The van der Waals surface area contributed by atoms with E-state index in [9.17, 15) is 0 Å². The quantitative estimate of drug-likeness (QED) is 0.679. The Kier molecular flexibility index (Phi) is 1.88. The van der Waals surface area contributed by atoms with Gasteiger partial charge >= 0.3 is 0 Å². The molecule has 1 aliphatic rings. The van der Waals surface area contributed by atoms with Crippen LogP contribution >= 0.6 is 11.3 Å². The lowest BCUT2D eigenvalue weighted by molar-refractivity contribution is 1.15. The van der Waals surface area contributed by atoms with Crippen molar-refractivity contribution in [2.24, 2.45) is 0 Å². The molecule has 0 atom stereocenters. The molecule has 1 aromatic heterocycles. The van der Waals surface area contributed by atoms with Crippen molar-refractivity contribution in [1.29, 1.82) is 0 Å². The number of hydrogen-bond acceptors (Lipinski definition) is 1. The topological polar surface area (TPSA) is 0 Å². The van der Waals surface area contributed by atoms with Gasteiger partial charge in [0.2, 0.25) is 0 Å². The van der Waals surface area contributed by atoms with Crippen molar-refractivity contribution < 1.29 is 0 Å². The van der Waals surface area contributed by atoms with Crippen LogP contribution in [0.3, 0.4) is 0 Å². The zero-order valence-electron chi connectivity index (χ0n) is 8.42. The van der Waals surface area contributed by atoms with E-state index in [2.05, 4.69) is 31.2 Å². The molecule has 3 rings (SSSR count). The summed E-state index contributed by atoms with van der Waals surface area (Å²) >= 11 is 1.96. The number of aryl methyl sites for hydroxylation is 1. The minimum Gasteiger partial charge on any atom is -0.140 e. The summed E-state index contributed by atoms with van der Waals surface area (Å²) < 4.78 is 1.48. The molecule has 0 saturated heterocycles. The van der Waals surface area contributed by atoms with E-state index in [1.807, 2.05) is 11.3 Å². The van der Waals surface area contributed by atoms with E-state index in [1.165, 1.54) is 34.2 Å². The number of fused-ring (bicyclic) bond motifs is 1. The average molecular weight is 202 g/mol. The van der Waals surface area contributed by atoms with Gasteiger partial charge in [0.15, 0.2) is 0 Å². The molecule has 1 heterocycles. The molecule has 2 aromatic rings. The second-order valence-electron chi connectivity index (χ2n) is 4.10. The van der Waals surface area contributed by atoms with Crippen LogP contribution in [0.1, 0.15) is 36.1 Å². The van der Waals surface area contributed by atoms with Gasteiger partial charge in [-0.2, -0.15) is 0 Å². The molecule has 1 fully saturated rings. The summed E-state index contributed by atoms with van der Waals surface area (Å²) in [7, 11) is 0. The van der Waals surface area contributed by atoms with Crippen molar-refractivity contribution in [3.63, 3.8) is 0 Å². The SMILES string of the molecule is CCc1cc2c(C3CC3)cccc2s1. The van der Waals surface area contributed by atoms with E-state index in [4.69, 9.17) is 0 Å². The first-order chi connectivity index (χ1) is 6.88. The maximum atomic E-state index is 2.40. The third-order valence-corrected chi connectivity index (χ3v) is 4.26. The van der Waals surface area contributed by atoms with Crippen molar-refractivity contribution in [3.05, 3.63) is 34.7 Å². The van der Waals surface area contributed by atoms with Gasteiger partial charge < -0.3 is 0 Å². The van der Waals surface area contributed by atoms with Gasteiger partial charge in [-0.25, -0.2) is 0 Å². The fourth-order valence-corrected chi connectivity index (χ4v) is 3.10. The Hall–Kier alpha value is -0.820. The summed E-state index contributed by atoms with van der Waals surface area (Å²) in [5.41, 5.74) is 1.60. The fraction of sp³-hybridized carbons (Fsp3) is 0.385. The Bertz CT molecular complexity index is 463. The summed E-state index contributed by atoms with van der Waals surface area (Å²) in [6, 6.07) is 9.18. The smallest absolute Gasteiger partial charge is 0.0348 e. The van der Waals surface area contributed by atoms with Gasteiger partial charge in [0.05, 0.1) is 0 Å². The van der Waals surface area contributed by atoms with Crippen molar-refractivity contribution in [1.82, 2.24) is 0 Å². The third-order valence-electron chi connectivity index (χ3n) is 3.01. The molecule has 0 aliphatic heterocycles. The van der Waals surface area contributed by atoms with Crippen molar-refractivity contribution in [2.45, 2.75) is 32.1 Å². The highest BCUT2D eigenvalue weighted by molar-refractivity contribution is 7.19. The van der Waals surface area contributed by atoms with Crippen molar-refractivity contribution in [3.8, 4) is 0 Å². The van der Waals surface area contributed by atoms with Crippen LogP contribution in [0.15, 0.2) is 24.3 Å². The zero-order chi connectivity index (χ0) is 9.54. The number of hydrogen-bond donors (Lipinski definition) is 0. The third kappa shape index (κ3) is 1.27. The van der Waals surface area contributed by atoms with Gasteiger partial charge in [0, 0.05) is 9.58 Å². The van der Waals surface area contributed by atoms with Gasteiger partial charge in [0.1, 0.15) is 0 Å². The minimum atomic E-state index is 0.873. The molecular weight excluding hydrogens is 188 g/mol. The summed E-state index contributed by atoms with van der Waals surface area (Å²) in [6.07, 6.45) is 3.97. The van der Waals surface area contributed by atoms with E-state index in [0.717, 1.165) is 5.92 Å². The minimum absolute atomic E-state index is 0.873. The van der Waals surface area contributed by atoms with Crippen LogP contribution in [0.25, 0.3) is 10.1 Å². The molecule has 14 heavy (non-hydrogen) atoms. The van der Waals surface area contributed by atoms with Gasteiger partial charge in [-0.1, -0.05) is 19.1 Å². The molecule has 1 aliphatic carbocycles. The molecule has 1 saturated carbocycles. The van der Waals surface area contributed by atoms with Gasteiger partial charge in [-0.05, 0) is 48.3 Å². The molecule has 0 spiro atoms. The standard InChI is InChI=1S/C13H14S/c1-2-10-8-12-11(9-6-7-9)4-3-5-13(12)14-10/h3-5,8-9H,2,6-7H2,1H3. The molecular formula is C13H14S. The lowest BCUT2D eigenvalue weighted by Gasteiger charge is -1.98. The molecule has 0 bridgehead atoms. The van der Waals surface area contributed by atoms with Crippen LogP contribution in [0.5, 0.6) is 0 Å². The van der Waals surface area contributed by atoms with Crippen LogP contribution in [0.4, 0.5) is 0 Å². The highest BCUT2D eigenvalue weighted by Gasteiger charge is 2.25. The van der Waals surface area contributed by atoms with Crippen LogP contribution in [-0.4, -0.2) is 0 Å². The van der Waals surface area contributed by atoms with Gasteiger partial charge in [-0.15, -0.1) is 11.3 Å². The van der Waals surface area contributed by atoms with Crippen molar-refractivity contribution >= 4 is 21.4 Å². The predicted octanol–water partition coefficient (Wildman–Crippen LogP) is 4.34. The summed E-state index contributed by atoms with van der Waals surface area (Å²) in [5.74, 6) is 0.873. The molecule has 0 radical (unpaired) electrons. The Labute approximate surface area is 88.6 Å². The maximum Gasteiger partial charge on any atom is 0.0348 e. The van der Waals surface area contributed by atoms with Gasteiger partial charge in [-0.3, -0.25) is 0 Å². The molecule has 0 N–H and O–H groups in total. The molecule has 0 amide bonds. The van der Waals surface area contributed by atoms with Crippen LogP contribution in [0, 0.1) is 0 Å². The molecule has 1 aromatic carbocycles. The first kappa shape index (κ1) is 8.49. The zero-order valence-corrected chi connectivity index (χ0v) is 9.23. The normalized spacial score (nSPS) is 16.4. The van der Waals surface area contributed by atoms with E-state index in [-0.39, 0.29) is 0 Å². The van der Waals surface area contributed by atoms with Crippen LogP contribution in [-0.2, 0) is 6.42 Å². The number of rotatable bonds is 2. The monoisotopic (exact) mass is 202 g/mol. The summed E-state index contributed by atoms with van der Waals surface area (Å²) in [4.78, 5) is 1.52. The van der Waals surface area contributed by atoms with E-state index >= 15 is 0 Å². The first-order valence-electron chi connectivity index (χ1n) is 5.40. The van der Waals surface area contributed by atoms with Gasteiger partial charge in [0.25, 0.3) is 0 Å². The first-order valence-corrected chi connectivity index (χ1v) is 6.21. The Morgan fingerprint density at radius 2 is 2.21 bits per heavy atom. The largest absolute Gasteiger partial charge is 0.140 e. The lowest BCUT2D eigenvalue weighted by Crippen LogP contribution is -1.78. The summed E-state index contributed by atoms with van der Waals surface area (Å²) in [6.45, 7) is 2.24. The van der Waals surface area contributed by atoms with Crippen molar-refractivity contribution in [2.75, 3.05) is 0 Å². The summed E-state index contributed by atoms with van der Waals surface area (Å²) in [5, 5.41) is 1.52. The lowest BCUT2D eigenvalue weighted by atomic mass is 10.1. The van der Waals surface area contributed by atoms with E-state index in [1.54, 1.807) is 5.56 Å². The average Bonchev–Trinajstić information content (AvgIpc) is 2.96. The Morgan fingerprint density at radius 3 is 2.93 bits per heavy atom. The predicted molar refractivity (Wildman–Crippen MR) is 63.2 cm³/mol. The molecule has 72 valence electrons.